The summed E-state index contributed by atoms with van der Waals surface area (Å²) in [5, 5.41) is 0. The van der Waals surface area contributed by atoms with E-state index in [4.69, 9.17) is 5.73 Å². The molecule has 2 N–H and O–H groups in total. The van der Waals surface area contributed by atoms with Crippen LogP contribution in [-0.4, -0.2) is 5.71 Å². The summed E-state index contributed by atoms with van der Waals surface area (Å²) in [5.41, 5.74) is 9.72. The Bertz CT molecular complexity index is 237. The predicted octanol–water partition coefficient (Wildman–Crippen LogP) is 2.62. The topological polar surface area (TPSA) is 38.4 Å². The van der Waals surface area contributed by atoms with E-state index in [1.807, 2.05) is 40.8 Å². The normalized spacial score (nSPS) is 10.9. The first-order chi connectivity index (χ1) is 5.45. The van der Waals surface area contributed by atoms with Crippen molar-refractivity contribution in [1.82, 2.24) is 0 Å². The Morgan fingerprint density at radius 1 is 1.08 bits per heavy atom. The molecule has 0 aromatic heterocycles. The van der Waals surface area contributed by atoms with Crippen LogP contribution in [0.1, 0.15) is 34.6 Å². The first-order valence-electron chi connectivity index (χ1n) is 4.06. The van der Waals surface area contributed by atoms with E-state index in [9.17, 15) is 0 Å². The van der Waals surface area contributed by atoms with Crippen molar-refractivity contribution in [2.75, 3.05) is 0 Å². The van der Waals surface area contributed by atoms with E-state index in [2.05, 4.69) is 4.99 Å². The zero-order valence-electron chi connectivity index (χ0n) is 8.60. The van der Waals surface area contributed by atoms with Gasteiger partial charge in [0.05, 0.1) is 11.4 Å². The zero-order valence-corrected chi connectivity index (χ0v) is 8.60. The van der Waals surface area contributed by atoms with E-state index in [1.54, 1.807) is 0 Å². The number of nitrogens with two attached hydrogens (primary N) is 1. The van der Waals surface area contributed by atoms with E-state index in [0.717, 1.165) is 17.0 Å². The van der Waals surface area contributed by atoms with Crippen LogP contribution in [-0.2, 0) is 0 Å². The molecular formula is C10H18N2. The third-order valence-electron chi connectivity index (χ3n) is 1.44. The summed E-state index contributed by atoms with van der Waals surface area (Å²) in [4.78, 5) is 4.22. The quantitative estimate of drug-likeness (QED) is 0.629. The zero-order chi connectivity index (χ0) is 9.72. The fourth-order valence-electron chi connectivity index (χ4n) is 0.657. The van der Waals surface area contributed by atoms with Crippen molar-refractivity contribution >= 4 is 5.71 Å². The number of hydrogen-bond acceptors (Lipinski definition) is 2. The van der Waals surface area contributed by atoms with Gasteiger partial charge in [0.25, 0.3) is 0 Å². The Hall–Kier alpha value is -1.05. The Morgan fingerprint density at radius 3 is 1.92 bits per heavy atom. The Morgan fingerprint density at radius 2 is 1.58 bits per heavy atom. The SMILES string of the molecule is CC(C)=CN=C(C)C(N)=C(C)C. The summed E-state index contributed by atoms with van der Waals surface area (Å²) in [5.74, 6) is 0. The molecule has 0 unspecified atom stereocenters. The van der Waals surface area contributed by atoms with Crippen molar-refractivity contribution in [3.63, 3.8) is 0 Å². The molecule has 0 saturated carbocycles. The molecule has 0 bridgehead atoms. The lowest BCUT2D eigenvalue weighted by atomic mass is 10.2. The van der Waals surface area contributed by atoms with Gasteiger partial charge in [-0.3, -0.25) is 4.99 Å². The predicted molar refractivity (Wildman–Crippen MR) is 55.1 cm³/mol. The monoisotopic (exact) mass is 166 g/mol. The van der Waals surface area contributed by atoms with Gasteiger partial charge in [0, 0.05) is 6.20 Å². The standard InChI is InChI=1S/C10H18N2/c1-7(2)6-12-9(5)10(11)8(3)4/h6H,11H2,1-5H3. The fraction of sp³-hybridized carbons (Fsp3) is 0.500. The van der Waals surface area contributed by atoms with Crippen molar-refractivity contribution in [3.05, 3.63) is 23.0 Å². The van der Waals surface area contributed by atoms with Gasteiger partial charge < -0.3 is 5.73 Å². The van der Waals surface area contributed by atoms with Crippen molar-refractivity contribution in [2.24, 2.45) is 10.7 Å². The summed E-state index contributed by atoms with van der Waals surface area (Å²) in [6.07, 6.45) is 1.82. The molecule has 0 saturated heterocycles. The van der Waals surface area contributed by atoms with Crippen LogP contribution in [0.25, 0.3) is 0 Å². The lowest BCUT2D eigenvalue weighted by molar-refractivity contribution is 1.25. The van der Waals surface area contributed by atoms with Gasteiger partial charge in [0.2, 0.25) is 0 Å². The summed E-state index contributed by atoms with van der Waals surface area (Å²) >= 11 is 0. The third-order valence-corrected chi connectivity index (χ3v) is 1.44. The first kappa shape index (κ1) is 11.0. The number of allylic oxidation sites excluding steroid dienone is 3. The van der Waals surface area contributed by atoms with Gasteiger partial charge in [0.15, 0.2) is 0 Å². The van der Waals surface area contributed by atoms with Gasteiger partial charge in [-0.05, 0) is 34.6 Å². The van der Waals surface area contributed by atoms with E-state index < -0.39 is 0 Å². The van der Waals surface area contributed by atoms with Crippen LogP contribution in [0, 0.1) is 0 Å². The van der Waals surface area contributed by atoms with Crippen LogP contribution < -0.4 is 5.73 Å². The molecule has 0 aliphatic rings. The summed E-state index contributed by atoms with van der Waals surface area (Å²) in [6, 6.07) is 0. The molecule has 0 heterocycles. The van der Waals surface area contributed by atoms with E-state index in [1.165, 1.54) is 5.57 Å². The van der Waals surface area contributed by atoms with Crippen molar-refractivity contribution in [1.29, 1.82) is 0 Å². The Labute approximate surface area is 74.9 Å². The second-order valence-electron chi connectivity index (χ2n) is 3.33. The maximum absolute atomic E-state index is 5.77. The second-order valence-corrected chi connectivity index (χ2v) is 3.33. The summed E-state index contributed by atoms with van der Waals surface area (Å²) in [7, 11) is 0. The lowest BCUT2D eigenvalue weighted by Crippen LogP contribution is -2.09. The molecule has 0 aliphatic heterocycles. The van der Waals surface area contributed by atoms with Crippen LogP contribution in [0.3, 0.4) is 0 Å². The Kier molecular flexibility index (Phi) is 4.34. The van der Waals surface area contributed by atoms with Gasteiger partial charge in [-0.15, -0.1) is 0 Å². The maximum Gasteiger partial charge on any atom is 0.0600 e. The molecule has 0 spiro atoms. The largest absolute Gasteiger partial charge is 0.397 e. The number of nitrogens with zero attached hydrogens (tertiary/aromatic N) is 1. The fourth-order valence-corrected chi connectivity index (χ4v) is 0.657. The number of hydrogen-bond donors (Lipinski definition) is 1. The van der Waals surface area contributed by atoms with Gasteiger partial charge in [-0.2, -0.15) is 0 Å². The molecule has 0 fully saturated rings. The second kappa shape index (κ2) is 4.75. The smallest absolute Gasteiger partial charge is 0.0600 e. The highest BCUT2D eigenvalue weighted by atomic mass is 14.7. The van der Waals surface area contributed by atoms with Gasteiger partial charge in [0.1, 0.15) is 0 Å². The molecule has 0 atom stereocenters. The highest BCUT2D eigenvalue weighted by molar-refractivity contribution is 5.98. The van der Waals surface area contributed by atoms with Crippen LogP contribution in [0.2, 0.25) is 0 Å². The van der Waals surface area contributed by atoms with Crippen LogP contribution in [0.5, 0.6) is 0 Å². The lowest BCUT2D eigenvalue weighted by Gasteiger charge is -2.01. The molecule has 2 heteroatoms. The van der Waals surface area contributed by atoms with E-state index >= 15 is 0 Å². The van der Waals surface area contributed by atoms with E-state index in [0.29, 0.717) is 0 Å². The van der Waals surface area contributed by atoms with Crippen LogP contribution in [0.15, 0.2) is 28.0 Å². The molecule has 0 aliphatic carbocycles. The molecule has 0 amide bonds. The molecule has 0 aromatic carbocycles. The summed E-state index contributed by atoms with van der Waals surface area (Å²) < 4.78 is 0. The molecule has 68 valence electrons. The van der Waals surface area contributed by atoms with Crippen LogP contribution >= 0.6 is 0 Å². The van der Waals surface area contributed by atoms with Crippen molar-refractivity contribution in [2.45, 2.75) is 34.6 Å². The molecule has 12 heavy (non-hydrogen) atoms. The van der Waals surface area contributed by atoms with Gasteiger partial charge in [-0.1, -0.05) is 11.1 Å². The van der Waals surface area contributed by atoms with Crippen molar-refractivity contribution < 1.29 is 0 Å². The molecule has 0 radical (unpaired) electrons. The molecule has 0 rings (SSSR count). The average Bonchev–Trinajstić information content (AvgIpc) is 1.98. The van der Waals surface area contributed by atoms with E-state index in [-0.39, 0.29) is 0 Å². The van der Waals surface area contributed by atoms with Crippen molar-refractivity contribution in [3.8, 4) is 0 Å². The average molecular weight is 166 g/mol. The third kappa shape index (κ3) is 3.96. The van der Waals surface area contributed by atoms with Crippen LogP contribution in [0.4, 0.5) is 0 Å². The minimum absolute atomic E-state index is 0.785. The summed E-state index contributed by atoms with van der Waals surface area (Å²) in [6.45, 7) is 9.90. The number of aliphatic imine (C=N–C) groups is 1. The maximum atomic E-state index is 5.77. The molecule has 2 nitrogen and oxygen atoms in total. The van der Waals surface area contributed by atoms with Gasteiger partial charge in [-0.25, -0.2) is 0 Å². The minimum Gasteiger partial charge on any atom is -0.397 e. The minimum atomic E-state index is 0.785. The first-order valence-corrected chi connectivity index (χ1v) is 4.06. The number of rotatable bonds is 2. The molecular weight excluding hydrogens is 148 g/mol. The highest BCUT2D eigenvalue weighted by Crippen LogP contribution is 2.00. The molecule has 0 aromatic rings. The Balaban J connectivity index is 4.62. The highest BCUT2D eigenvalue weighted by Gasteiger charge is 1.95. The van der Waals surface area contributed by atoms with Gasteiger partial charge >= 0.3 is 0 Å².